The average Bonchev–Trinajstić information content (AvgIpc) is 2.57. The maximum atomic E-state index is 5.36. The van der Waals surface area contributed by atoms with Gasteiger partial charge in [0.05, 0.1) is 19.4 Å². The molecular weight excluding hydrogens is 190 g/mol. The predicted molar refractivity (Wildman–Crippen MR) is 60.5 cm³/mol. The SMILES string of the molecule is C=C(C)COCCNCc1cnn(C)c1. The van der Waals surface area contributed by atoms with Crippen molar-refractivity contribution in [2.75, 3.05) is 19.8 Å². The normalized spacial score (nSPS) is 10.5. The highest BCUT2D eigenvalue weighted by atomic mass is 16.5. The Morgan fingerprint density at radius 1 is 1.67 bits per heavy atom. The Kier molecular flexibility index (Phi) is 5.07. The minimum absolute atomic E-state index is 0.647. The van der Waals surface area contributed by atoms with Gasteiger partial charge in [-0.1, -0.05) is 12.2 Å². The van der Waals surface area contributed by atoms with Crippen molar-refractivity contribution in [2.24, 2.45) is 7.05 Å². The molecule has 15 heavy (non-hydrogen) atoms. The largest absolute Gasteiger partial charge is 0.376 e. The quantitative estimate of drug-likeness (QED) is 0.540. The second-order valence-corrected chi connectivity index (χ2v) is 3.71. The molecule has 0 saturated carbocycles. The number of aromatic nitrogens is 2. The highest BCUT2D eigenvalue weighted by Crippen LogP contribution is 1.94. The second kappa shape index (κ2) is 6.37. The van der Waals surface area contributed by atoms with E-state index in [1.807, 2.05) is 26.4 Å². The summed E-state index contributed by atoms with van der Waals surface area (Å²) in [4.78, 5) is 0. The lowest BCUT2D eigenvalue weighted by Crippen LogP contribution is -2.19. The lowest BCUT2D eigenvalue weighted by Gasteiger charge is -2.04. The van der Waals surface area contributed by atoms with E-state index in [4.69, 9.17) is 4.74 Å². The molecule has 0 aromatic carbocycles. The van der Waals surface area contributed by atoms with Gasteiger partial charge in [0, 0.05) is 31.9 Å². The first kappa shape index (κ1) is 11.9. The van der Waals surface area contributed by atoms with Gasteiger partial charge in [-0.05, 0) is 6.92 Å². The molecule has 1 N–H and O–H groups in total. The summed E-state index contributed by atoms with van der Waals surface area (Å²) in [6.45, 7) is 8.78. The number of nitrogens with zero attached hydrogens (tertiary/aromatic N) is 2. The molecule has 4 nitrogen and oxygen atoms in total. The minimum Gasteiger partial charge on any atom is -0.376 e. The van der Waals surface area contributed by atoms with Crippen molar-refractivity contribution in [3.05, 3.63) is 30.1 Å². The Hall–Kier alpha value is -1.13. The molecule has 0 bridgehead atoms. The first-order valence-electron chi connectivity index (χ1n) is 5.09. The predicted octanol–water partition coefficient (Wildman–Crippen LogP) is 1.10. The van der Waals surface area contributed by atoms with E-state index in [-0.39, 0.29) is 0 Å². The van der Waals surface area contributed by atoms with Crippen molar-refractivity contribution in [3.8, 4) is 0 Å². The molecule has 0 aliphatic heterocycles. The zero-order valence-electron chi connectivity index (χ0n) is 9.49. The maximum Gasteiger partial charge on any atom is 0.0672 e. The molecule has 1 aromatic rings. The van der Waals surface area contributed by atoms with Gasteiger partial charge in [0.25, 0.3) is 0 Å². The molecule has 0 amide bonds. The fourth-order valence-corrected chi connectivity index (χ4v) is 1.19. The first-order valence-corrected chi connectivity index (χ1v) is 5.09. The molecule has 1 rings (SSSR count). The molecule has 0 radical (unpaired) electrons. The highest BCUT2D eigenvalue weighted by molar-refractivity contribution is 5.02. The number of hydrogen-bond donors (Lipinski definition) is 1. The molecule has 4 heteroatoms. The van der Waals surface area contributed by atoms with Gasteiger partial charge in [-0.15, -0.1) is 0 Å². The third kappa shape index (κ3) is 5.34. The van der Waals surface area contributed by atoms with E-state index >= 15 is 0 Å². The molecule has 0 aliphatic rings. The van der Waals surface area contributed by atoms with Crippen LogP contribution in [0.5, 0.6) is 0 Å². The van der Waals surface area contributed by atoms with Crippen LogP contribution in [-0.2, 0) is 18.3 Å². The minimum atomic E-state index is 0.647. The van der Waals surface area contributed by atoms with Gasteiger partial charge in [-0.2, -0.15) is 5.10 Å². The van der Waals surface area contributed by atoms with Crippen molar-refractivity contribution < 1.29 is 4.74 Å². The summed E-state index contributed by atoms with van der Waals surface area (Å²) < 4.78 is 7.16. The molecule has 1 heterocycles. The van der Waals surface area contributed by atoms with E-state index in [9.17, 15) is 0 Å². The molecule has 0 aliphatic carbocycles. The van der Waals surface area contributed by atoms with Gasteiger partial charge in [-0.3, -0.25) is 4.68 Å². The maximum absolute atomic E-state index is 5.36. The summed E-state index contributed by atoms with van der Waals surface area (Å²) >= 11 is 0. The molecule has 0 fully saturated rings. The topological polar surface area (TPSA) is 39.1 Å². The third-order valence-electron chi connectivity index (χ3n) is 1.86. The number of rotatable bonds is 7. The average molecular weight is 209 g/mol. The van der Waals surface area contributed by atoms with Gasteiger partial charge < -0.3 is 10.1 Å². The number of hydrogen-bond acceptors (Lipinski definition) is 3. The van der Waals surface area contributed by atoms with E-state index in [0.717, 1.165) is 18.7 Å². The highest BCUT2D eigenvalue weighted by Gasteiger charge is 1.94. The van der Waals surface area contributed by atoms with E-state index in [1.165, 1.54) is 5.56 Å². The van der Waals surface area contributed by atoms with Crippen LogP contribution in [0.3, 0.4) is 0 Å². The Labute approximate surface area is 90.9 Å². The zero-order chi connectivity index (χ0) is 11.1. The van der Waals surface area contributed by atoms with Gasteiger partial charge in [0.2, 0.25) is 0 Å². The van der Waals surface area contributed by atoms with Crippen LogP contribution < -0.4 is 5.32 Å². The van der Waals surface area contributed by atoms with E-state index in [1.54, 1.807) is 4.68 Å². The molecule has 1 aromatic heterocycles. The lowest BCUT2D eigenvalue weighted by molar-refractivity contribution is 0.158. The van der Waals surface area contributed by atoms with E-state index in [0.29, 0.717) is 13.2 Å². The van der Waals surface area contributed by atoms with E-state index < -0.39 is 0 Å². The monoisotopic (exact) mass is 209 g/mol. The summed E-state index contributed by atoms with van der Waals surface area (Å²) in [5.74, 6) is 0. The summed E-state index contributed by atoms with van der Waals surface area (Å²) in [6.07, 6.45) is 3.86. The Morgan fingerprint density at radius 2 is 2.47 bits per heavy atom. The summed E-state index contributed by atoms with van der Waals surface area (Å²) in [6, 6.07) is 0. The smallest absolute Gasteiger partial charge is 0.0672 e. The Morgan fingerprint density at radius 3 is 3.07 bits per heavy atom. The van der Waals surface area contributed by atoms with Crippen molar-refractivity contribution in [1.29, 1.82) is 0 Å². The van der Waals surface area contributed by atoms with Crippen LogP contribution >= 0.6 is 0 Å². The van der Waals surface area contributed by atoms with Crippen LogP contribution in [0.2, 0.25) is 0 Å². The molecule has 0 saturated heterocycles. The van der Waals surface area contributed by atoms with Crippen molar-refractivity contribution >= 4 is 0 Å². The van der Waals surface area contributed by atoms with Crippen molar-refractivity contribution in [1.82, 2.24) is 15.1 Å². The molecular formula is C11H19N3O. The fourth-order valence-electron chi connectivity index (χ4n) is 1.19. The summed E-state index contributed by atoms with van der Waals surface area (Å²) in [5, 5.41) is 7.37. The first-order chi connectivity index (χ1) is 7.18. The molecule has 84 valence electrons. The Balaban J connectivity index is 2.00. The Bertz CT molecular complexity index is 307. The van der Waals surface area contributed by atoms with Crippen LogP contribution in [0.4, 0.5) is 0 Å². The number of ether oxygens (including phenoxy) is 1. The zero-order valence-corrected chi connectivity index (χ0v) is 9.49. The van der Waals surface area contributed by atoms with Gasteiger partial charge in [-0.25, -0.2) is 0 Å². The fraction of sp³-hybridized carbons (Fsp3) is 0.545. The number of nitrogens with one attached hydrogen (secondary N) is 1. The van der Waals surface area contributed by atoms with Gasteiger partial charge in [0.1, 0.15) is 0 Å². The third-order valence-corrected chi connectivity index (χ3v) is 1.86. The molecule has 0 spiro atoms. The van der Waals surface area contributed by atoms with Gasteiger partial charge in [0.15, 0.2) is 0 Å². The van der Waals surface area contributed by atoms with Crippen LogP contribution in [0, 0.1) is 0 Å². The number of aryl methyl sites for hydroxylation is 1. The van der Waals surface area contributed by atoms with E-state index in [2.05, 4.69) is 17.0 Å². The van der Waals surface area contributed by atoms with Crippen LogP contribution in [-0.4, -0.2) is 29.5 Å². The molecule has 0 atom stereocenters. The summed E-state index contributed by atoms with van der Waals surface area (Å²) in [5.41, 5.74) is 2.25. The standard InChI is InChI=1S/C11H19N3O/c1-10(2)9-15-5-4-12-6-11-7-13-14(3)8-11/h7-8,12H,1,4-6,9H2,2-3H3. The van der Waals surface area contributed by atoms with Crippen LogP contribution in [0.25, 0.3) is 0 Å². The van der Waals surface area contributed by atoms with Gasteiger partial charge >= 0.3 is 0 Å². The molecule has 0 unspecified atom stereocenters. The second-order valence-electron chi connectivity index (χ2n) is 3.71. The summed E-state index contributed by atoms with van der Waals surface area (Å²) in [7, 11) is 1.92. The lowest BCUT2D eigenvalue weighted by atomic mass is 10.3. The van der Waals surface area contributed by atoms with Crippen molar-refractivity contribution in [2.45, 2.75) is 13.5 Å². The van der Waals surface area contributed by atoms with Crippen LogP contribution in [0.1, 0.15) is 12.5 Å². The van der Waals surface area contributed by atoms with Crippen LogP contribution in [0.15, 0.2) is 24.5 Å². The van der Waals surface area contributed by atoms with Crippen molar-refractivity contribution in [3.63, 3.8) is 0 Å².